The van der Waals surface area contributed by atoms with E-state index in [2.05, 4.69) is 5.32 Å². The minimum absolute atomic E-state index is 0.00393. The summed E-state index contributed by atoms with van der Waals surface area (Å²) in [5, 5.41) is 3.45. The number of nitrogens with zero attached hydrogens (tertiary/aromatic N) is 2. The van der Waals surface area contributed by atoms with E-state index in [0.29, 0.717) is 56.4 Å². The largest absolute Gasteiger partial charge is 0.379 e. The molecule has 4 rings (SSSR count). The molecule has 1 unspecified atom stereocenters. The molecule has 32 heavy (non-hydrogen) atoms. The Labute approximate surface area is 192 Å². The first-order valence-corrected chi connectivity index (χ1v) is 12.2. The van der Waals surface area contributed by atoms with Crippen molar-refractivity contribution >= 4 is 39.1 Å². The quantitative estimate of drug-likeness (QED) is 0.687. The van der Waals surface area contributed by atoms with E-state index < -0.39 is 10.0 Å². The Balaban J connectivity index is 1.33. The number of anilines is 1. The van der Waals surface area contributed by atoms with E-state index in [-0.39, 0.29) is 22.6 Å². The van der Waals surface area contributed by atoms with Gasteiger partial charge < -0.3 is 15.0 Å². The Bertz CT molecular complexity index is 1080. The van der Waals surface area contributed by atoms with Crippen molar-refractivity contribution in [2.75, 3.05) is 44.3 Å². The van der Waals surface area contributed by atoms with Crippen LogP contribution in [0.1, 0.15) is 16.8 Å². The monoisotopic (exact) mass is 477 g/mol. The van der Waals surface area contributed by atoms with Gasteiger partial charge in [0.05, 0.1) is 18.1 Å². The number of carbonyl (C=O) groups is 2. The topological polar surface area (TPSA) is 96.0 Å². The van der Waals surface area contributed by atoms with Crippen molar-refractivity contribution < 1.29 is 22.7 Å². The van der Waals surface area contributed by atoms with E-state index in [1.165, 1.54) is 28.6 Å². The molecule has 8 nitrogen and oxygen atoms in total. The first kappa shape index (κ1) is 22.7. The van der Waals surface area contributed by atoms with Crippen LogP contribution >= 0.6 is 11.6 Å². The number of rotatable bonds is 6. The minimum Gasteiger partial charge on any atom is -0.379 e. The van der Waals surface area contributed by atoms with Crippen LogP contribution in [0.2, 0.25) is 5.02 Å². The fraction of sp³-hybridized carbons (Fsp3) is 0.364. The van der Waals surface area contributed by atoms with Gasteiger partial charge in [-0.15, -0.1) is 0 Å². The number of sulfonamides is 1. The number of ether oxygens (including phenoxy) is 1. The van der Waals surface area contributed by atoms with Gasteiger partial charge in [-0.1, -0.05) is 11.6 Å². The number of benzene rings is 2. The molecular formula is C22H24ClN3O5S. The van der Waals surface area contributed by atoms with E-state index in [1.807, 2.05) is 0 Å². The summed E-state index contributed by atoms with van der Waals surface area (Å²) in [6.45, 7) is 2.24. The predicted molar refractivity (Wildman–Crippen MR) is 120 cm³/mol. The molecule has 2 saturated heterocycles. The van der Waals surface area contributed by atoms with Crippen LogP contribution in [-0.4, -0.2) is 63.9 Å². The van der Waals surface area contributed by atoms with Gasteiger partial charge in [-0.05, 0) is 48.5 Å². The fourth-order valence-corrected chi connectivity index (χ4v) is 5.38. The number of hydrogen-bond donors (Lipinski definition) is 1. The van der Waals surface area contributed by atoms with Gasteiger partial charge in [0.1, 0.15) is 0 Å². The van der Waals surface area contributed by atoms with Crippen molar-refractivity contribution in [1.29, 1.82) is 0 Å². The zero-order valence-corrected chi connectivity index (χ0v) is 18.9. The third-order valence-electron chi connectivity index (χ3n) is 5.62. The van der Waals surface area contributed by atoms with Crippen molar-refractivity contribution in [3.05, 3.63) is 59.1 Å². The standard InChI is InChI=1S/C22H24ClN3O5S/c23-18-3-5-19(6-4-18)26-15-16(13-21(26)27)14-24-22(28)17-1-7-20(8-2-17)32(29,30)25-9-11-31-12-10-25/h1-8,16H,9-15H2,(H,24,28). The third-order valence-corrected chi connectivity index (χ3v) is 7.78. The maximum atomic E-state index is 12.7. The highest BCUT2D eigenvalue weighted by Crippen LogP contribution is 2.26. The first-order valence-electron chi connectivity index (χ1n) is 10.4. The lowest BCUT2D eigenvalue weighted by Crippen LogP contribution is -2.40. The number of morpholine rings is 1. The predicted octanol–water partition coefficient (Wildman–Crippen LogP) is 2.14. The number of hydrogen-bond acceptors (Lipinski definition) is 5. The minimum atomic E-state index is -3.60. The van der Waals surface area contributed by atoms with Gasteiger partial charge in [-0.3, -0.25) is 9.59 Å². The molecular weight excluding hydrogens is 454 g/mol. The molecule has 0 aliphatic carbocycles. The van der Waals surface area contributed by atoms with E-state index in [0.717, 1.165) is 5.69 Å². The second-order valence-electron chi connectivity index (χ2n) is 7.80. The normalized spacial score (nSPS) is 19.8. The summed E-state index contributed by atoms with van der Waals surface area (Å²) in [4.78, 5) is 26.7. The van der Waals surface area contributed by atoms with E-state index in [1.54, 1.807) is 29.2 Å². The SMILES string of the molecule is O=C(NCC1CC(=O)N(c2ccc(Cl)cc2)C1)c1ccc(S(=O)(=O)N2CCOCC2)cc1. The highest BCUT2D eigenvalue weighted by atomic mass is 35.5. The summed E-state index contributed by atoms with van der Waals surface area (Å²) in [5.41, 5.74) is 1.15. The summed E-state index contributed by atoms with van der Waals surface area (Å²) < 4.78 is 32.0. The third kappa shape index (κ3) is 4.96. The van der Waals surface area contributed by atoms with Crippen molar-refractivity contribution in [1.82, 2.24) is 9.62 Å². The number of amides is 2. The molecule has 2 aliphatic rings. The molecule has 0 saturated carbocycles. The molecule has 2 aromatic carbocycles. The van der Waals surface area contributed by atoms with Crippen LogP contribution in [0.4, 0.5) is 5.69 Å². The number of nitrogens with one attached hydrogen (secondary N) is 1. The van der Waals surface area contributed by atoms with Gasteiger partial charge in [-0.25, -0.2) is 8.42 Å². The molecule has 0 bridgehead atoms. The zero-order valence-electron chi connectivity index (χ0n) is 17.4. The average Bonchev–Trinajstić information content (AvgIpc) is 3.19. The Morgan fingerprint density at radius 1 is 1.06 bits per heavy atom. The van der Waals surface area contributed by atoms with Crippen molar-refractivity contribution in [3.63, 3.8) is 0 Å². The molecule has 0 radical (unpaired) electrons. The van der Waals surface area contributed by atoms with Gasteiger partial charge >= 0.3 is 0 Å². The Hall–Kier alpha value is -2.46. The maximum absolute atomic E-state index is 12.7. The summed E-state index contributed by atoms with van der Waals surface area (Å²) in [6.07, 6.45) is 0.347. The molecule has 2 amide bonds. The molecule has 1 N–H and O–H groups in total. The number of carbonyl (C=O) groups excluding carboxylic acids is 2. The Kier molecular flexibility index (Phi) is 6.80. The molecule has 170 valence electrons. The summed E-state index contributed by atoms with van der Waals surface area (Å²) >= 11 is 5.91. The molecule has 0 aromatic heterocycles. The molecule has 1 atom stereocenters. The molecule has 10 heteroatoms. The van der Waals surface area contributed by atoms with Gasteiger partial charge in [-0.2, -0.15) is 4.31 Å². The molecule has 2 aliphatic heterocycles. The highest BCUT2D eigenvalue weighted by Gasteiger charge is 2.31. The van der Waals surface area contributed by atoms with Gasteiger partial charge in [0.25, 0.3) is 5.91 Å². The van der Waals surface area contributed by atoms with Gasteiger partial charge in [0.2, 0.25) is 15.9 Å². The highest BCUT2D eigenvalue weighted by molar-refractivity contribution is 7.89. The number of halogens is 1. The second kappa shape index (κ2) is 9.58. The van der Waals surface area contributed by atoms with Gasteiger partial charge in [0.15, 0.2) is 0 Å². The second-order valence-corrected chi connectivity index (χ2v) is 10.2. The smallest absolute Gasteiger partial charge is 0.251 e. The Morgan fingerprint density at radius 2 is 1.72 bits per heavy atom. The van der Waals surface area contributed by atoms with Crippen LogP contribution < -0.4 is 10.2 Å². The molecule has 2 aromatic rings. The van der Waals surface area contributed by atoms with Crippen LogP contribution in [-0.2, 0) is 19.6 Å². The Morgan fingerprint density at radius 3 is 2.38 bits per heavy atom. The van der Waals surface area contributed by atoms with Crippen molar-refractivity contribution in [2.24, 2.45) is 5.92 Å². The summed E-state index contributed by atoms with van der Waals surface area (Å²) in [6, 6.07) is 13.0. The van der Waals surface area contributed by atoms with Crippen LogP contribution in [0.15, 0.2) is 53.4 Å². The fourth-order valence-electron chi connectivity index (χ4n) is 3.84. The average molecular weight is 478 g/mol. The maximum Gasteiger partial charge on any atom is 0.251 e. The van der Waals surface area contributed by atoms with E-state index in [4.69, 9.17) is 16.3 Å². The van der Waals surface area contributed by atoms with Crippen molar-refractivity contribution in [2.45, 2.75) is 11.3 Å². The lowest BCUT2D eigenvalue weighted by molar-refractivity contribution is -0.117. The molecule has 0 spiro atoms. The van der Waals surface area contributed by atoms with E-state index >= 15 is 0 Å². The van der Waals surface area contributed by atoms with Crippen molar-refractivity contribution in [3.8, 4) is 0 Å². The lowest BCUT2D eigenvalue weighted by atomic mass is 10.1. The van der Waals surface area contributed by atoms with Crippen LogP contribution in [0, 0.1) is 5.92 Å². The molecule has 2 heterocycles. The zero-order chi connectivity index (χ0) is 22.7. The lowest BCUT2D eigenvalue weighted by Gasteiger charge is -2.26. The van der Waals surface area contributed by atoms with Crippen LogP contribution in [0.5, 0.6) is 0 Å². The first-order chi connectivity index (χ1) is 15.3. The van der Waals surface area contributed by atoms with E-state index in [9.17, 15) is 18.0 Å². The van der Waals surface area contributed by atoms with Gasteiger partial charge in [0, 0.05) is 54.8 Å². The molecule has 2 fully saturated rings. The van der Waals surface area contributed by atoms with Crippen LogP contribution in [0.3, 0.4) is 0 Å². The summed E-state index contributed by atoms with van der Waals surface area (Å²) in [5.74, 6) is -0.315. The summed E-state index contributed by atoms with van der Waals surface area (Å²) in [7, 11) is -3.60. The van der Waals surface area contributed by atoms with Crippen LogP contribution in [0.25, 0.3) is 0 Å².